The van der Waals surface area contributed by atoms with Gasteiger partial charge in [-0.2, -0.15) is 0 Å². The van der Waals surface area contributed by atoms with Crippen molar-refractivity contribution in [3.05, 3.63) is 94.8 Å². The number of hydrogen-bond acceptors (Lipinski definition) is 6. The molecule has 232 valence electrons. The predicted octanol–water partition coefficient (Wildman–Crippen LogP) is 6.03. The second-order valence-corrected chi connectivity index (χ2v) is 10.8. The minimum Gasteiger partial charge on any atom is -0.387 e. The van der Waals surface area contributed by atoms with Crippen LogP contribution < -0.4 is 16.4 Å². The SMILES string of the molecule is CC1=Cc2ccc(C(=O)Nc3cncc(CNC(=O)CCCc4ccccc4)c3)cc2N=C(N)C1.CCCN(C=O)CCC. The summed E-state index contributed by atoms with van der Waals surface area (Å²) in [6.07, 6.45) is 11.0. The number of carbonyl (C=O) groups is 3. The van der Waals surface area contributed by atoms with E-state index in [0.717, 1.165) is 61.9 Å². The lowest BCUT2D eigenvalue weighted by Gasteiger charge is -2.13. The number of nitrogens with two attached hydrogens (primary N) is 1. The fraction of sp³-hybridized carbons (Fsp3) is 0.343. The summed E-state index contributed by atoms with van der Waals surface area (Å²) in [4.78, 5) is 45.7. The zero-order chi connectivity index (χ0) is 31.7. The van der Waals surface area contributed by atoms with Crippen LogP contribution in [0.4, 0.5) is 11.4 Å². The summed E-state index contributed by atoms with van der Waals surface area (Å²) in [7, 11) is 0. The van der Waals surface area contributed by atoms with E-state index in [2.05, 4.69) is 46.6 Å². The molecule has 0 atom stereocenters. The predicted molar refractivity (Wildman–Crippen MR) is 178 cm³/mol. The van der Waals surface area contributed by atoms with Crippen LogP contribution in [0.1, 0.15) is 79.9 Å². The highest BCUT2D eigenvalue weighted by Crippen LogP contribution is 2.27. The highest BCUT2D eigenvalue weighted by molar-refractivity contribution is 6.05. The quantitative estimate of drug-likeness (QED) is 0.207. The Labute approximate surface area is 260 Å². The van der Waals surface area contributed by atoms with Gasteiger partial charge in [-0.3, -0.25) is 19.4 Å². The molecule has 1 aliphatic rings. The van der Waals surface area contributed by atoms with Crippen molar-refractivity contribution in [2.24, 2.45) is 10.7 Å². The number of nitrogens with zero attached hydrogens (tertiary/aromatic N) is 3. The summed E-state index contributed by atoms with van der Waals surface area (Å²) in [5.41, 5.74) is 11.8. The summed E-state index contributed by atoms with van der Waals surface area (Å²) >= 11 is 0. The first-order chi connectivity index (χ1) is 21.3. The zero-order valence-electron chi connectivity index (χ0n) is 26.0. The van der Waals surface area contributed by atoms with Crippen molar-refractivity contribution < 1.29 is 14.4 Å². The van der Waals surface area contributed by atoms with Gasteiger partial charge in [0, 0.05) is 49.8 Å². The Bertz CT molecular complexity index is 1450. The van der Waals surface area contributed by atoms with Crippen LogP contribution in [0, 0.1) is 0 Å². The molecule has 0 saturated heterocycles. The molecule has 44 heavy (non-hydrogen) atoms. The number of benzene rings is 2. The van der Waals surface area contributed by atoms with Crippen molar-refractivity contribution in [1.82, 2.24) is 15.2 Å². The van der Waals surface area contributed by atoms with Gasteiger partial charge in [-0.1, -0.05) is 61.9 Å². The number of aromatic nitrogens is 1. The molecule has 0 unspecified atom stereocenters. The van der Waals surface area contributed by atoms with Gasteiger partial charge in [0.25, 0.3) is 5.91 Å². The first kappa shape index (κ1) is 33.7. The molecule has 1 aromatic heterocycles. The minimum absolute atomic E-state index is 0.00976. The van der Waals surface area contributed by atoms with Crippen molar-refractivity contribution in [1.29, 1.82) is 0 Å². The number of nitrogens with one attached hydrogen (secondary N) is 2. The second kappa shape index (κ2) is 18.0. The van der Waals surface area contributed by atoms with E-state index < -0.39 is 0 Å². The van der Waals surface area contributed by atoms with Crippen LogP contribution in [0.25, 0.3) is 6.08 Å². The Morgan fingerprint density at radius 1 is 1.00 bits per heavy atom. The van der Waals surface area contributed by atoms with Gasteiger partial charge in [0.15, 0.2) is 0 Å². The lowest BCUT2D eigenvalue weighted by molar-refractivity contribution is -0.121. The third-order valence-electron chi connectivity index (χ3n) is 6.84. The molecule has 0 spiro atoms. The Morgan fingerprint density at radius 2 is 1.75 bits per heavy atom. The van der Waals surface area contributed by atoms with Crippen LogP contribution in [-0.2, 0) is 22.6 Å². The number of carbonyl (C=O) groups excluding carboxylic acids is 3. The number of pyridine rings is 1. The third-order valence-corrected chi connectivity index (χ3v) is 6.84. The van der Waals surface area contributed by atoms with Gasteiger partial charge in [-0.15, -0.1) is 0 Å². The fourth-order valence-corrected chi connectivity index (χ4v) is 4.73. The van der Waals surface area contributed by atoms with Gasteiger partial charge in [-0.05, 0) is 61.9 Å². The van der Waals surface area contributed by atoms with Crippen molar-refractivity contribution in [2.75, 3.05) is 18.4 Å². The topological polar surface area (TPSA) is 130 Å². The highest BCUT2D eigenvalue weighted by Gasteiger charge is 2.13. The van der Waals surface area contributed by atoms with Crippen LogP contribution in [0.2, 0.25) is 0 Å². The Kier molecular flexibility index (Phi) is 13.8. The normalized spacial score (nSPS) is 11.9. The van der Waals surface area contributed by atoms with Crippen molar-refractivity contribution >= 4 is 41.5 Å². The number of aryl methyl sites for hydroxylation is 1. The van der Waals surface area contributed by atoms with Gasteiger partial charge in [-0.25, -0.2) is 4.99 Å². The summed E-state index contributed by atoms with van der Waals surface area (Å²) in [5, 5.41) is 5.79. The van der Waals surface area contributed by atoms with Gasteiger partial charge in [0.05, 0.1) is 17.6 Å². The van der Waals surface area contributed by atoms with E-state index in [1.54, 1.807) is 35.5 Å². The summed E-state index contributed by atoms with van der Waals surface area (Å²) in [6.45, 7) is 8.30. The molecule has 4 N–H and O–H groups in total. The van der Waals surface area contributed by atoms with E-state index in [4.69, 9.17) is 5.73 Å². The minimum atomic E-state index is -0.268. The smallest absolute Gasteiger partial charge is 0.255 e. The number of rotatable bonds is 13. The average Bonchev–Trinajstić information content (AvgIpc) is 3.16. The van der Waals surface area contributed by atoms with Gasteiger partial charge in [0.2, 0.25) is 12.3 Å². The number of amides is 3. The lowest BCUT2D eigenvalue weighted by Crippen LogP contribution is -2.23. The van der Waals surface area contributed by atoms with Crippen molar-refractivity contribution in [3.8, 4) is 0 Å². The molecule has 9 nitrogen and oxygen atoms in total. The number of anilines is 1. The van der Waals surface area contributed by atoms with E-state index in [0.29, 0.717) is 42.2 Å². The largest absolute Gasteiger partial charge is 0.387 e. The third kappa shape index (κ3) is 11.5. The monoisotopic (exact) mass is 596 g/mol. The van der Waals surface area contributed by atoms with Gasteiger partial charge >= 0.3 is 0 Å². The fourth-order valence-electron chi connectivity index (χ4n) is 4.73. The summed E-state index contributed by atoms with van der Waals surface area (Å²) in [6, 6.07) is 17.3. The molecule has 3 amide bonds. The van der Waals surface area contributed by atoms with Gasteiger partial charge < -0.3 is 21.3 Å². The molecule has 2 heterocycles. The van der Waals surface area contributed by atoms with Crippen LogP contribution >= 0.6 is 0 Å². The summed E-state index contributed by atoms with van der Waals surface area (Å²) in [5.74, 6) is 0.244. The maximum atomic E-state index is 12.8. The Balaban J connectivity index is 0.000000512. The first-order valence-corrected chi connectivity index (χ1v) is 15.2. The molecule has 0 fully saturated rings. The Hall–Kier alpha value is -4.79. The highest BCUT2D eigenvalue weighted by atomic mass is 16.2. The summed E-state index contributed by atoms with van der Waals surface area (Å²) < 4.78 is 0. The van der Waals surface area contributed by atoms with Crippen LogP contribution in [-0.4, -0.2) is 47.0 Å². The molecule has 4 rings (SSSR count). The molecule has 0 aliphatic carbocycles. The Morgan fingerprint density at radius 3 is 2.45 bits per heavy atom. The molecule has 2 aromatic carbocycles. The molecule has 3 aromatic rings. The number of aliphatic imine (C=N–C) groups is 1. The maximum absolute atomic E-state index is 12.8. The van der Waals surface area contributed by atoms with E-state index in [-0.39, 0.29) is 11.8 Å². The average molecular weight is 597 g/mol. The van der Waals surface area contributed by atoms with E-state index >= 15 is 0 Å². The van der Waals surface area contributed by atoms with E-state index in [9.17, 15) is 14.4 Å². The number of hydrogen-bond donors (Lipinski definition) is 3. The van der Waals surface area contributed by atoms with Crippen molar-refractivity contribution in [3.63, 3.8) is 0 Å². The van der Waals surface area contributed by atoms with E-state index in [1.807, 2.05) is 37.3 Å². The molecular formula is C35H44N6O3. The lowest BCUT2D eigenvalue weighted by atomic mass is 10.1. The maximum Gasteiger partial charge on any atom is 0.255 e. The second-order valence-electron chi connectivity index (χ2n) is 10.8. The van der Waals surface area contributed by atoms with Crippen LogP contribution in [0.5, 0.6) is 0 Å². The number of fused-ring (bicyclic) bond motifs is 1. The van der Waals surface area contributed by atoms with Crippen LogP contribution in [0.15, 0.2) is 77.6 Å². The molecule has 0 radical (unpaired) electrons. The van der Waals surface area contributed by atoms with Crippen LogP contribution in [0.3, 0.4) is 0 Å². The van der Waals surface area contributed by atoms with E-state index in [1.165, 1.54) is 5.56 Å². The molecule has 9 heteroatoms. The molecule has 0 bridgehead atoms. The molecular weight excluding hydrogens is 552 g/mol. The van der Waals surface area contributed by atoms with Gasteiger partial charge in [0.1, 0.15) is 5.84 Å². The standard InChI is InChI=1S/C28H29N5O2.C7H15NO/c1-19-12-22-10-11-23(15-25(22)33-26(29)13-19)28(35)32-24-14-21(16-30-18-24)17-31-27(34)9-5-8-20-6-3-2-4-7-20;1-3-5-8(7-9)6-4-2/h2-4,6-7,10-12,14-16,18H,5,8-9,13,17H2,1H3,(H2,29,33)(H,31,34)(H,32,35);7H,3-6H2,1-2H3. The number of amidine groups is 1. The first-order valence-electron chi connectivity index (χ1n) is 15.2. The molecule has 0 saturated carbocycles. The molecule has 1 aliphatic heterocycles. The zero-order valence-corrected chi connectivity index (χ0v) is 26.0. The van der Waals surface area contributed by atoms with Crippen molar-refractivity contribution in [2.45, 2.75) is 65.8 Å².